The maximum absolute atomic E-state index is 11.0. The van der Waals surface area contributed by atoms with Gasteiger partial charge in [-0.3, -0.25) is 4.79 Å². The molecule has 1 aliphatic rings. The molecule has 1 unspecified atom stereocenters. The van der Waals surface area contributed by atoms with Gasteiger partial charge < -0.3 is 0 Å². The number of rotatable bonds is 2. The van der Waals surface area contributed by atoms with Crippen LogP contribution in [0.25, 0.3) is 0 Å². The fraction of sp³-hybridized carbons (Fsp3) is 0.857. The normalized spacial score (nSPS) is 24.8. The number of carbonyl (C=O) groups is 1. The second-order valence-electron chi connectivity index (χ2n) is 3.17. The molecule has 1 aliphatic heterocycles. The van der Waals surface area contributed by atoms with E-state index in [9.17, 15) is 9.70 Å². The SMILES string of the molecule is CC(C)C1CCC(=O)N1N=O. The number of nitrogens with zero attached hydrogens (tertiary/aromatic N) is 2. The number of hydrogen-bond acceptors (Lipinski definition) is 3. The Labute approximate surface area is 65.5 Å². The van der Waals surface area contributed by atoms with Gasteiger partial charge in [-0.2, -0.15) is 5.01 Å². The van der Waals surface area contributed by atoms with Gasteiger partial charge in [0.25, 0.3) is 0 Å². The van der Waals surface area contributed by atoms with Gasteiger partial charge in [0.2, 0.25) is 5.91 Å². The molecular weight excluding hydrogens is 144 g/mol. The van der Waals surface area contributed by atoms with E-state index >= 15 is 0 Å². The minimum atomic E-state index is -0.140. The molecule has 0 radical (unpaired) electrons. The molecule has 0 bridgehead atoms. The molecule has 0 aromatic heterocycles. The van der Waals surface area contributed by atoms with Crippen molar-refractivity contribution in [2.24, 2.45) is 11.2 Å². The summed E-state index contributed by atoms with van der Waals surface area (Å²) < 4.78 is 0. The average Bonchev–Trinajstić information content (AvgIpc) is 2.30. The molecule has 0 aromatic carbocycles. The lowest BCUT2D eigenvalue weighted by Gasteiger charge is -2.19. The van der Waals surface area contributed by atoms with Crippen LogP contribution >= 0.6 is 0 Å². The maximum Gasteiger partial charge on any atom is 0.245 e. The number of hydrogen-bond donors (Lipinski definition) is 0. The smallest absolute Gasteiger partial charge is 0.245 e. The first kappa shape index (κ1) is 8.17. The van der Waals surface area contributed by atoms with Gasteiger partial charge in [0, 0.05) is 6.42 Å². The molecule has 1 saturated heterocycles. The van der Waals surface area contributed by atoms with E-state index in [0.29, 0.717) is 12.3 Å². The highest BCUT2D eigenvalue weighted by molar-refractivity contribution is 5.78. The molecule has 0 aliphatic carbocycles. The van der Waals surface area contributed by atoms with E-state index in [0.717, 1.165) is 11.4 Å². The summed E-state index contributed by atoms with van der Waals surface area (Å²) in [6.07, 6.45) is 1.23. The fourth-order valence-corrected chi connectivity index (χ4v) is 1.41. The van der Waals surface area contributed by atoms with Crippen LogP contribution in [-0.2, 0) is 4.79 Å². The Hall–Kier alpha value is -0.930. The lowest BCUT2D eigenvalue weighted by molar-refractivity contribution is -0.129. The summed E-state index contributed by atoms with van der Waals surface area (Å²) in [7, 11) is 0. The summed E-state index contributed by atoms with van der Waals surface area (Å²) in [6, 6.07) is 0.0278. The van der Waals surface area contributed by atoms with Crippen LogP contribution < -0.4 is 0 Å². The van der Waals surface area contributed by atoms with Gasteiger partial charge in [-0.25, -0.2) is 0 Å². The van der Waals surface area contributed by atoms with Crippen LogP contribution in [-0.4, -0.2) is 17.0 Å². The van der Waals surface area contributed by atoms with Crippen molar-refractivity contribution < 1.29 is 4.79 Å². The van der Waals surface area contributed by atoms with Crippen molar-refractivity contribution in [3.05, 3.63) is 4.91 Å². The quantitative estimate of drug-likeness (QED) is 0.566. The Kier molecular flexibility index (Phi) is 2.22. The first-order chi connectivity index (χ1) is 5.16. The Morgan fingerprint density at radius 3 is 2.64 bits per heavy atom. The van der Waals surface area contributed by atoms with Gasteiger partial charge in [0.15, 0.2) is 0 Å². The van der Waals surface area contributed by atoms with Crippen molar-refractivity contribution in [1.29, 1.82) is 0 Å². The number of carbonyl (C=O) groups excluding carboxylic acids is 1. The standard InChI is InChI=1S/C7H12N2O2/c1-5(2)6-3-4-7(10)9(6)8-11/h5-6H,3-4H2,1-2H3. The third-order valence-corrected chi connectivity index (χ3v) is 2.08. The van der Waals surface area contributed by atoms with Crippen molar-refractivity contribution in [2.45, 2.75) is 32.7 Å². The zero-order valence-corrected chi connectivity index (χ0v) is 6.78. The third kappa shape index (κ3) is 1.39. The lowest BCUT2D eigenvalue weighted by Crippen LogP contribution is -2.31. The van der Waals surface area contributed by atoms with E-state index in [2.05, 4.69) is 5.29 Å². The molecule has 1 heterocycles. The van der Waals surface area contributed by atoms with Gasteiger partial charge in [0.05, 0.1) is 11.3 Å². The highest BCUT2D eigenvalue weighted by atomic mass is 16.3. The topological polar surface area (TPSA) is 49.7 Å². The summed E-state index contributed by atoms with van der Waals surface area (Å²) in [5, 5.41) is 3.78. The van der Waals surface area contributed by atoms with Crippen molar-refractivity contribution in [3.63, 3.8) is 0 Å². The summed E-state index contributed by atoms with van der Waals surface area (Å²) in [5.74, 6) is 0.179. The molecule has 1 amide bonds. The van der Waals surface area contributed by atoms with Crippen LogP contribution in [0, 0.1) is 10.8 Å². The van der Waals surface area contributed by atoms with Gasteiger partial charge in [-0.05, 0) is 12.3 Å². The number of amides is 1. The van der Waals surface area contributed by atoms with Crippen LogP contribution in [0.15, 0.2) is 5.29 Å². The molecule has 4 nitrogen and oxygen atoms in total. The first-order valence-corrected chi connectivity index (χ1v) is 3.82. The number of nitroso groups, excluding NO2 is 1. The average molecular weight is 156 g/mol. The monoisotopic (exact) mass is 156 g/mol. The largest absolute Gasteiger partial charge is 0.273 e. The van der Waals surface area contributed by atoms with Gasteiger partial charge in [-0.1, -0.05) is 13.8 Å². The Bertz CT molecular complexity index is 179. The van der Waals surface area contributed by atoms with Gasteiger partial charge in [-0.15, -0.1) is 4.91 Å². The Balaban J connectivity index is 2.68. The molecule has 4 heteroatoms. The van der Waals surface area contributed by atoms with E-state index in [-0.39, 0.29) is 11.9 Å². The molecule has 0 spiro atoms. The molecular formula is C7H12N2O2. The van der Waals surface area contributed by atoms with E-state index in [1.807, 2.05) is 13.8 Å². The molecule has 62 valence electrons. The molecule has 11 heavy (non-hydrogen) atoms. The Morgan fingerprint density at radius 2 is 2.27 bits per heavy atom. The predicted octanol–water partition coefficient (Wildman–Crippen LogP) is 1.31. The second-order valence-corrected chi connectivity index (χ2v) is 3.17. The van der Waals surface area contributed by atoms with Crippen LogP contribution in [0.1, 0.15) is 26.7 Å². The fourth-order valence-electron chi connectivity index (χ4n) is 1.41. The van der Waals surface area contributed by atoms with Crippen molar-refractivity contribution in [3.8, 4) is 0 Å². The van der Waals surface area contributed by atoms with Gasteiger partial charge >= 0.3 is 0 Å². The minimum absolute atomic E-state index is 0.0278. The van der Waals surface area contributed by atoms with Crippen molar-refractivity contribution in [1.82, 2.24) is 5.01 Å². The Morgan fingerprint density at radius 1 is 1.64 bits per heavy atom. The predicted molar refractivity (Wildman–Crippen MR) is 40.5 cm³/mol. The van der Waals surface area contributed by atoms with E-state index in [4.69, 9.17) is 0 Å². The second kappa shape index (κ2) is 2.98. The highest BCUT2D eigenvalue weighted by Gasteiger charge is 2.33. The van der Waals surface area contributed by atoms with E-state index in [1.165, 1.54) is 0 Å². The zero-order valence-electron chi connectivity index (χ0n) is 6.78. The molecule has 0 aromatic rings. The summed E-state index contributed by atoms with van der Waals surface area (Å²) in [6.45, 7) is 3.98. The molecule has 1 atom stereocenters. The van der Waals surface area contributed by atoms with Crippen molar-refractivity contribution in [2.75, 3.05) is 0 Å². The highest BCUT2D eigenvalue weighted by Crippen LogP contribution is 2.24. The molecule has 1 rings (SSSR count). The zero-order chi connectivity index (χ0) is 8.43. The third-order valence-electron chi connectivity index (χ3n) is 2.08. The summed E-state index contributed by atoms with van der Waals surface area (Å²) in [5.41, 5.74) is 0. The van der Waals surface area contributed by atoms with E-state index in [1.54, 1.807) is 0 Å². The van der Waals surface area contributed by atoms with Crippen LogP contribution in [0.2, 0.25) is 0 Å². The molecule has 0 saturated carbocycles. The summed E-state index contributed by atoms with van der Waals surface area (Å²) in [4.78, 5) is 21.1. The molecule has 0 N–H and O–H groups in total. The molecule has 1 fully saturated rings. The van der Waals surface area contributed by atoms with E-state index < -0.39 is 0 Å². The van der Waals surface area contributed by atoms with Crippen LogP contribution in [0.3, 0.4) is 0 Å². The van der Waals surface area contributed by atoms with Crippen LogP contribution in [0.4, 0.5) is 0 Å². The van der Waals surface area contributed by atoms with Crippen molar-refractivity contribution >= 4 is 5.91 Å². The summed E-state index contributed by atoms with van der Waals surface area (Å²) >= 11 is 0. The van der Waals surface area contributed by atoms with Gasteiger partial charge in [0.1, 0.15) is 0 Å². The first-order valence-electron chi connectivity index (χ1n) is 3.82. The minimum Gasteiger partial charge on any atom is -0.273 e. The van der Waals surface area contributed by atoms with Crippen LogP contribution in [0.5, 0.6) is 0 Å². The maximum atomic E-state index is 11.0. The lowest BCUT2D eigenvalue weighted by atomic mass is 10.0.